The molecular formula is C15H23FN2O2S. The molecule has 0 saturated heterocycles. The van der Waals surface area contributed by atoms with E-state index in [4.69, 9.17) is 0 Å². The second-order valence-corrected chi connectivity index (χ2v) is 7.26. The minimum Gasteiger partial charge on any atom is -0.313 e. The standard InChI is InChI=1S/C15H23FN2O2S/c1-6-17-9-13-8-14(7-12(4)15(13)16)21(19,20)18(5)10-11(2)3/h7-8,17H,2,6,9-10H2,1,3-5H3. The van der Waals surface area contributed by atoms with Crippen LogP contribution in [0.25, 0.3) is 0 Å². The molecule has 0 saturated carbocycles. The summed E-state index contributed by atoms with van der Waals surface area (Å²) in [6.45, 7) is 10.2. The van der Waals surface area contributed by atoms with E-state index in [2.05, 4.69) is 11.9 Å². The Balaban J connectivity index is 3.23. The Labute approximate surface area is 126 Å². The third-order valence-corrected chi connectivity index (χ3v) is 4.85. The van der Waals surface area contributed by atoms with Crippen molar-refractivity contribution in [1.82, 2.24) is 9.62 Å². The van der Waals surface area contributed by atoms with Gasteiger partial charge in [-0.05, 0) is 38.1 Å². The van der Waals surface area contributed by atoms with Gasteiger partial charge in [0.2, 0.25) is 10.0 Å². The summed E-state index contributed by atoms with van der Waals surface area (Å²) in [5.41, 5.74) is 1.43. The van der Waals surface area contributed by atoms with E-state index < -0.39 is 10.0 Å². The van der Waals surface area contributed by atoms with Crippen molar-refractivity contribution < 1.29 is 12.8 Å². The van der Waals surface area contributed by atoms with Crippen LogP contribution in [0.15, 0.2) is 29.2 Å². The van der Waals surface area contributed by atoms with Crippen LogP contribution in [0.2, 0.25) is 0 Å². The van der Waals surface area contributed by atoms with E-state index in [1.807, 2.05) is 6.92 Å². The Morgan fingerprint density at radius 3 is 2.57 bits per heavy atom. The molecule has 0 bridgehead atoms. The fourth-order valence-corrected chi connectivity index (χ4v) is 3.36. The number of sulfonamides is 1. The average molecular weight is 314 g/mol. The van der Waals surface area contributed by atoms with Crippen LogP contribution in [0.4, 0.5) is 4.39 Å². The highest BCUT2D eigenvalue weighted by Crippen LogP contribution is 2.22. The van der Waals surface area contributed by atoms with Crippen molar-refractivity contribution in [2.75, 3.05) is 20.1 Å². The average Bonchev–Trinajstić information content (AvgIpc) is 2.39. The van der Waals surface area contributed by atoms with Crippen LogP contribution in [0.5, 0.6) is 0 Å². The molecule has 0 radical (unpaired) electrons. The summed E-state index contributed by atoms with van der Waals surface area (Å²) in [7, 11) is -2.15. The zero-order valence-corrected chi connectivity index (χ0v) is 13.8. The van der Waals surface area contributed by atoms with E-state index in [-0.39, 0.29) is 17.3 Å². The minimum absolute atomic E-state index is 0.109. The zero-order valence-electron chi connectivity index (χ0n) is 13.0. The molecule has 1 aromatic carbocycles. The number of benzene rings is 1. The first-order valence-corrected chi connectivity index (χ1v) is 8.24. The van der Waals surface area contributed by atoms with Crippen LogP contribution in [0.1, 0.15) is 25.0 Å². The molecule has 1 rings (SSSR count). The normalized spacial score (nSPS) is 11.9. The van der Waals surface area contributed by atoms with Crippen molar-refractivity contribution in [3.63, 3.8) is 0 Å². The van der Waals surface area contributed by atoms with Crippen molar-refractivity contribution in [3.8, 4) is 0 Å². The fourth-order valence-electron chi connectivity index (χ4n) is 1.99. The second-order valence-electron chi connectivity index (χ2n) is 5.21. The van der Waals surface area contributed by atoms with Gasteiger partial charge in [0.05, 0.1) is 4.90 Å². The minimum atomic E-state index is -3.64. The molecule has 6 heteroatoms. The monoisotopic (exact) mass is 314 g/mol. The molecular weight excluding hydrogens is 291 g/mol. The van der Waals surface area contributed by atoms with E-state index in [0.29, 0.717) is 24.2 Å². The number of likely N-dealkylation sites (N-methyl/N-ethyl adjacent to an activating group) is 1. The molecule has 1 N–H and O–H groups in total. The quantitative estimate of drug-likeness (QED) is 0.787. The van der Waals surface area contributed by atoms with Crippen LogP contribution >= 0.6 is 0 Å². The van der Waals surface area contributed by atoms with Gasteiger partial charge >= 0.3 is 0 Å². The van der Waals surface area contributed by atoms with Gasteiger partial charge in [0.25, 0.3) is 0 Å². The number of hydrogen-bond acceptors (Lipinski definition) is 3. The largest absolute Gasteiger partial charge is 0.313 e. The highest BCUT2D eigenvalue weighted by atomic mass is 32.2. The first-order valence-electron chi connectivity index (χ1n) is 6.80. The number of aryl methyl sites for hydroxylation is 1. The maximum atomic E-state index is 14.0. The van der Waals surface area contributed by atoms with Gasteiger partial charge in [-0.2, -0.15) is 4.31 Å². The lowest BCUT2D eigenvalue weighted by atomic mass is 10.1. The van der Waals surface area contributed by atoms with Crippen LogP contribution < -0.4 is 5.32 Å². The van der Waals surface area contributed by atoms with Gasteiger partial charge in [-0.1, -0.05) is 19.1 Å². The topological polar surface area (TPSA) is 49.4 Å². The smallest absolute Gasteiger partial charge is 0.243 e. The van der Waals surface area contributed by atoms with Crippen molar-refractivity contribution >= 4 is 10.0 Å². The second kappa shape index (κ2) is 7.15. The molecule has 0 atom stereocenters. The molecule has 0 aliphatic heterocycles. The summed E-state index contributed by atoms with van der Waals surface area (Å²) in [4.78, 5) is 0.109. The fraction of sp³-hybridized carbons (Fsp3) is 0.467. The number of rotatable bonds is 7. The van der Waals surface area contributed by atoms with Gasteiger partial charge < -0.3 is 5.32 Å². The Morgan fingerprint density at radius 1 is 1.43 bits per heavy atom. The molecule has 0 fully saturated rings. The van der Waals surface area contributed by atoms with Crippen molar-refractivity contribution in [2.45, 2.75) is 32.2 Å². The molecule has 1 aromatic rings. The first kappa shape index (κ1) is 17.8. The van der Waals surface area contributed by atoms with Gasteiger partial charge in [-0.15, -0.1) is 0 Å². The Morgan fingerprint density at radius 2 is 2.05 bits per heavy atom. The molecule has 0 aliphatic carbocycles. The zero-order chi connectivity index (χ0) is 16.2. The van der Waals surface area contributed by atoms with Gasteiger partial charge in [-0.25, -0.2) is 12.8 Å². The lowest BCUT2D eigenvalue weighted by Gasteiger charge is -2.18. The van der Waals surface area contributed by atoms with Crippen LogP contribution in [-0.4, -0.2) is 32.9 Å². The molecule has 0 heterocycles. The highest BCUT2D eigenvalue weighted by molar-refractivity contribution is 7.89. The van der Waals surface area contributed by atoms with E-state index >= 15 is 0 Å². The SMILES string of the molecule is C=C(C)CN(C)S(=O)(=O)c1cc(C)c(F)c(CNCC)c1. The summed E-state index contributed by atoms with van der Waals surface area (Å²) in [6, 6.07) is 2.77. The van der Waals surface area contributed by atoms with E-state index in [1.54, 1.807) is 13.8 Å². The maximum Gasteiger partial charge on any atom is 0.243 e. The third-order valence-electron chi connectivity index (χ3n) is 3.07. The summed E-state index contributed by atoms with van der Waals surface area (Å²) in [6.07, 6.45) is 0. The summed E-state index contributed by atoms with van der Waals surface area (Å²) < 4.78 is 40.3. The Hall–Kier alpha value is -1.24. The molecule has 118 valence electrons. The van der Waals surface area contributed by atoms with Crippen molar-refractivity contribution in [1.29, 1.82) is 0 Å². The Kier molecular flexibility index (Phi) is 6.07. The number of nitrogens with zero attached hydrogens (tertiary/aromatic N) is 1. The molecule has 21 heavy (non-hydrogen) atoms. The molecule has 0 aromatic heterocycles. The predicted octanol–water partition coefficient (Wildman–Crippen LogP) is 2.44. The lowest BCUT2D eigenvalue weighted by Crippen LogP contribution is -2.28. The lowest BCUT2D eigenvalue weighted by molar-refractivity contribution is 0.492. The molecule has 4 nitrogen and oxygen atoms in total. The number of nitrogens with one attached hydrogen (secondary N) is 1. The molecule has 0 spiro atoms. The molecule has 0 amide bonds. The van der Waals surface area contributed by atoms with Gasteiger partial charge in [0.1, 0.15) is 5.82 Å². The Bertz CT molecular complexity index is 627. The first-order chi connectivity index (χ1) is 9.70. The third kappa shape index (κ3) is 4.36. The molecule has 0 unspecified atom stereocenters. The van der Waals surface area contributed by atoms with Crippen LogP contribution in [0, 0.1) is 12.7 Å². The van der Waals surface area contributed by atoms with Gasteiger partial charge in [0.15, 0.2) is 0 Å². The highest BCUT2D eigenvalue weighted by Gasteiger charge is 2.23. The molecule has 0 aliphatic rings. The maximum absolute atomic E-state index is 14.0. The van der Waals surface area contributed by atoms with Crippen molar-refractivity contribution in [2.24, 2.45) is 0 Å². The van der Waals surface area contributed by atoms with Gasteiger partial charge in [-0.3, -0.25) is 0 Å². The van der Waals surface area contributed by atoms with E-state index in [1.165, 1.54) is 23.5 Å². The number of hydrogen-bond donors (Lipinski definition) is 1. The summed E-state index contributed by atoms with van der Waals surface area (Å²) >= 11 is 0. The summed E-state index contributed by atoms with van der Waals surface area (Å²) in [5, 5.41) is 3.01. The van der Waals surface area contributed by atoms with Crippen molar-refractivity contribution in [3.05, 3.63) is 41.2 Å². The number of halogens is 1. The van der Waals surface area contributed by atoms with E-state index in [0.717, 1.165) is 5.57 Å². The van der Waals surface area contributed by atoms with Crippen LogP contribution in [0.3, 0.4) is 0 Å². The van der Waals surface area contributed by atoms with Crippen LogP contribution in [-0.2, 0) is 16.6 Å². The van der Waals surface area contributed by atoms with Gasteiger partial charge in [0, 0.05) is 25.7 Å². The predicted molar refractivity (Wildman–Crippen MR) is 83.1 cm³/mol. The summed E-state index contributed by atoms with van der Waals surface area (Å²) in [5.74, 6) is -0.363. The van der Waals surface area contributed by atoms with E-state index in [9.17, 15) is 12.8 Å².